The smallest absolute Gasteiger partial charge is 0.0640 e. The van der Waals surface area contributed by atoms with Crippen molar-refractivity contribution in [1.82, 2.24) is 5.32 Å². The summed E-state index contributed by atoms with van der Waals surface area (Å²) in [6.07, 6.45) is 5.23. The first kappa shape index (κ1) is 17.1. The van der Waals surface area contributed by atoms with E-state index in [1.54, 1.807) is 0 Å². The van der Waals surface area contributed by atoms with Gasteiger partial charge in [0.1, 0.15) is 0 Å². The standard InChI is InChI=1S/C18H27Cl2N/c1-4-21-18(15-6-5-7-16(19)17(15)20)14-10-8-13(9-11-14)12(2)3/h5-7,12-14,18,21H,4,8-11H2,1-3H3. The van der Waals surface area contributed by atoms with E-state index in [0.717, 1.165) is 23.4 Å². The van der Waals surface area contributed by atoms with Crippen LogP contribution < -0.4 is 5.32 Å². The number of hydrogen-bond acceptors (Lipinski definition) is 1. The third-order valence-electron chi connectivity index (χ3n) is 4.97. The number of halogens is 2. The van der Waals surface area contributed by atoms with E-state index in [2.05, 4.69) is 32.2 Å². The van der Waals surface area contributed by atoms with Crippen LogP contribution in [0.25, 0.3) is 0 Å². The van der Waals surface area contributed by atoms with E-state index in [1.807, 2.05) is 12.1 Å². The zero-order valence-electron chi connectivity index (χ0n) is 13.3. The van der Waals surface area contributed by atoms with E-state index in [0.29, 0.717) is 17.0 Å². The van der Waals surface area contributed by atoms with Crippen molar-refractivity contribution in [1.29, 1.82) is 0 Å². The molecule has 0 bridgehead atoms. The van der Waals surface area contributed by atoms with Crippen molar-refractivity contribution < 1.29 is 0 Å². The predicted octanol–water partition coefficient (Wildman–Crippen LogP) is 6.11. The molecule has 1 unspecified atom stereocenters. The number of rotatable bonds is 5. The summed E-state index contributed by atoms with van der Waals surface area (Å²) >= 11 is 12.7. The summed E-state index contributed by atoms with van der Waals surface area (Å²) in [5, 5.41) is 5.02. The van der Waals surface area contributed by atoms with Crippen molar-refractivity contribution in [3.63, 3.8) is 0 Å². The summed E-state index contributed by atoms with van der Waals surface area (Å²) in [5.41, 5.74) is 1.17. The summed E-state index contributed by atoms with van der Waals surface area (Å²) in [5.74, 6) is 2.35. The average molecular weight is 328 g/mol. The second kappa shape index (κ2) is 7.85. The number of hydrogen-bond donors (Lipinski definition) is 1. The fraction of sp³-hybridized carbons (Fsp3) is 0.667. The van der Waals surface area contributed by atoms with Crippen molar-refractivity contribution >= 4 is 23.2 Å². The van der Waals surface area contributed by atoms with Crippen LogP contribution >= 0.6 is 23.2 Å². The molecule has 0 amide bonds. The normalized spacial score (nSPS) is 24.3. The Kier molecular flexibility index (Phi) is 6.40. The molecule has 0 saturated heterocycles. The van der Waals surface area contributed by atoms with Crippen LogP contribution in [0.2, 0.25) is 10.0 Å². The van der Waals surface area contributed by atoms with E-state index >= 15 is 0 Å². The minimum atomic E-state index is 0.328. The SMILES string of the molecule is CCNC(c1cccc(Cl)c1Cl)C1CCC(C(C)C)CC1. The van der Waals surface area contributed by atoms with Gasteiger partial charge in [-0.1, -0.05) is 56.1 Å². The maximum atomic E-state index is 6.45. The highest BCUT2D eigenvalue weighted by Crippen LogP contribution is 2.42. The largest absolute Gasteiger partial charge is 0.310 e. The van der Waals surface area contributed by atoms with Gasteiger partial charge in [0.15, 0.2) is 0 Å². The van der Waals surface area contributed by atoms with Crippen molar-refractivity contribution in [2.45, 2.75) is 52.5 Å². The molecule has 1 aromatic carbocycles. The lowest BCUT2D eigenvalue weighted by Gasteiger charge is -2.36. The van der Waals surface area contributed by atoms with Gasteiger partial charge >= 0.3 is 0 Å². The molecule has 0 heterocycles. The summed E-state index contributed by atoms with van der Waals surface area (Å²) in [7, 11) is 0. The zero-order valence-corrected chi connectivity index (χ0v) is 14.8. The van der Waals surface area contributed by atoms with E-state index in [-0.39, 0.29) is 0 Å². The fourth-order valence-corrected chi connectivity index (χ4v) is 4.08. The molecule has 0 radical (unpaired) electrons. The Hall–Kier alpha value is -0.240. The maximum Gasteiger partial charge on any atom is 0.0640 e. The number of nitrogens with one attached hydrogen (secondary N) is 1. The van der Waals surface area contributed by atoms with Crippen molar-refractivity contribution in [3.05, 3.63) is 33.8 Å². The molecule has 1 N–H and O–H groups in total. The molecule has 1 aliphatic rings. The Labute approximate surface area is 139 Å². The van der Waals surface area contributed by atoms with Gasteiger partial charge in [0.2, 0.25) is 0 Å². The molecule has 1 aliphatic carbocycles. The quantitative estimate of drug-likeness (QED) is 0.688. The molecule has 118 valence electrons. The Bertz CT molecular complexity index is 451. The van der Waals surface area contributed by atoms with Gasteiger partial charge in [0, 0.05) is 6.04 Å². The van der Waals surface area contributed by atoms with Gasteiger partial charge in [-0.3, -0.25) is 0 Å². The lowest BCUT2D eigenvalue weighted by atomic mass is 9.73. The molecular formula is C18H27Cl2N. The molecule has 3 heteroatoms. The average Bonchev–Trinajstić information content (AvgIpc) is 2.48. The van der Waals surface area contributed by atoms with Crippen LogP contribution in [0, 0.1) is 17.8 Å². The third kappa shape index (κ3) is 4.15. The van der Waals surface area contributed by atoms with Crippen LogP contribution in [0.5, 0.6) is 0 Å². The molecule has 1 atom stereocenters. The summed E-state index contributed by atoms with van der Waals surface area (Å²) in [4.78, 5) is 0. The lowest BCUT2D eigenvalue weighted by molar-refractivity contribution is 0.190. The Morgan fingerprint density at radius 2 is 1.71 bits per heavy atom. The van der Waals surface area contributed by atoms with Crippen molar-refractivity contribution in [2.24, 2.45) is 17.8 Å². The molecular weight excluding hydrogens is 301 g/mol. The van der Waals surface area contributed by atoms with Gasteiger partial charge in [-0.15, -0.1) is 0 Å². The van der Waals surface area contributed by atoms with Gasteiger partial charge in [0.05, 0.1) is 10.0 Å². The maximum absolute atomic E-state index is 6.45. The highest BCUT2D eigenvalue weighted by atomic mass is 35.5. The van der Waals surface area contributed by atoms with Crippen LogP contribution in [0.3, 0.4) is 0 Å². The molecule has 0 aromatic heterocycles. The first-order valence-electron chi connectivity index (χ1n) is 8.21. The third-order valence-corrected chi connectivity index (χ3v) is 5.80. The zero-order chi connectivity index (χ0) is 15.4. The molecule has 1 fully saturated rings. The van der Waals surface area contributed by atoms with Crippen LogP contribution in [-0.4, -0.2) is 6.54 Å². The Balaban J connectivity index is 2.15. The van der Waals surface area contributed by atoms with E-state index in [9.17, 15) is 0 Å². The highest BCUT2D eigenvalue weighted by Gasteiger charge is 2.30. The molecule has 0 spiro atoms. The van der Waals surface area contributed by atoms with Gasteiger partial charge in [0.25, 0.3) is 0 Å². The molecule has 1 nitrogen and oxygen atoms in total. The summed E-state index contributed by atoms with van der Waals surface area (Å²) in [6.45, 7) is 7.81. The van der Waals surface area contributed by atoms with Crippen LogP contribution in [0.15, 0.2) is 18.2 Å². The molecule has 0 aliphatic heterocycles. The van der Waals surface area contributed by atoms with Crippen molar-refractivity contribution in [2.75, 3.05) is 6.54 Å². The first-order valence-corrected chi connectivity index (χ1v) is 8.97. The van der Waals surface area contributed by atoms with Gasteiger partial charge in [-0.05, 0) is 61.6 Å². The molecule has 21 heavy (non-hydrogen) atoms. The van der Waals surface area contributed by atoms with Crippen molar-refractivity contribution in [3.8, 4) is 0 Å². The minimum Gasteiger partial charge on any atom is -0.310 e. The van der Waals surface area contributed by atoms with Gasteiger partial charge < -0.3 is 5.32 Å². The first-order chi connectivity index (χ1) is 10.0. The monoisotopic (exact) mass is 327 g/mol. The highest BCUT2D eigenvalue weighted by molar-refractivity contribution is 6.42. The molecule has 1 aromatic rings. The summed E-state index contributed by atoms with van der Waals surface area (Å²) in [6, 6.07) is 6.32. The molecule has 1 saturated carbocycles. The Morgan fingerprint density at radius 1 is 1.10 bits per heavy atom. The van der Waals surface area contributed by atoms with E-state index in [1.165, 1.54) is 31.2 Å². The summed E-state index contributed by atoms with van der Waals surface area (Å²) < 4.78 is 0. The van der Waals surface area contributed by atoms with E-state index < -0.39 is 0 Å². The van der Waals surface area contributed by atoms with Crippen LogP contribution in [-0.2, 0) is 0 Å². The van der Waals surface area contributed by atoms with E-state index in [4.69, 9.17) is 23.2 Å². The molecule has 2 rings (SSSR count). The number of benzene rings is 1. The Morgan fingerprint density at radius 3 is 2.29 bits per heavy atom. The van der Waals surface area contributed by atoms with Crippen LogP contribution in [0.4, 0.5) is 0 Å². The van der Waals surface area contributed by atoms with Gasteiger partial charge in [-0.2, -0.15) is 0 Å². The fourth-order valence-electron chi connectivity index (χ4n) is 3.66. The topological polar surface area (TPSA) is 12.0 Å². The minimum absolute atomic E-state index is 0.328. The lowest BCUT2D eigenvalue weighted by Crippen LogP contribution is -2.32. The second-order valence-corrected chi connectivity index (χ2v) is 7.38. The predicted molar refractivity (Wildman–Crippen MR) is 93.2 cm³/mol. The second-order valence-electron chi connectivity index (χ2n) is 6.60. The van der Waals surface area contributed by atoms with Gasteiger partial charge in [-0.25, -0.2) is 0 Å². The van der Waals surface area contributed by atoms with Crippen LogP contribution in [0.1, 0.15) is 58.1 Å².